The van der Waals surface area contributed by atoms with Gasteiger partial charge in [-0.25, -0.2) is 0 Å². The predicted octanol–water partition coefficient (Wildman–Crippen LogP) is 3.30. The maximum Gasteiger partial charge on any atom is 0.307 e. The molecule has 4 nitrogen and oxygen atoms in total. The van der Waals surface area contributed by atoms with Gasteiger partial charge in [0.05, 0.1) is 19.6 Å². The predicted molar refractivity (Wildman–Crippen MR) is 85.6 cm³/mol. The van der Waals surface area contributed by atoms with Gasteiger partial charge in [-0.05, 0) is 24.6 Å². The Morgan fingerprint density at radius 2 is 1.95 bits per heavy atom. The molecule has 1 aromatic rings. The van der Waals surface area contributed by atoms with E-state index in [1.807, 2.05) is 37.3 Å². The van der Waals surface area contributed by atoms with Crippen molar-refractivity contribution in [1.29, 1.82) is 0 Å². The molecule has 1 atom stereocenters. The van der Waals surface area contributed by atoms with Gasteiger partial charge < -0.3 is 10.1 Å². The molecule has 112 valence electrons. The molecule has 0 saturated heterocycles. The quantitative estimate of drug-likeness (QED) is 0.486. The molecule has 0 aromatic heterocycles. The van der Waals surface area contributed by atoms with Crippen LogP contribution in [0.15, 0.2) is 53.0 Å². The summed E-state index contributed by atoms with van der Waals surface area (Å²) in [7, 11) is 1.33. The van der Waals surface area contributed by atoms with E-state index in [0.29, 0.717) is 0 Å². The van der Waals surface area contributed by atoms with Crippen LogP contribution in [0.4, 0.5) is 0 Å². The zero-order valence-electron chi connectivity index (χ0n) is 12.0. The van der Waals surface area contributed by atoms with Crippen molar-refractivity contribution in [3.8, 4) is 0 Å². The van der Waals surface area contributed by atoms with Gasteiger partial charge in [-0.15, -0.1) is 0 Å². The van der Waals surface area contributed by atoms with E-state index < -0.39 is 6.04 Å². The molecule has 0 aliphatic heterocycles. The number of allylic oxidation sites excluding steroid dienone is 3. The van der Waals surface area contributed by atoms with E-state index >= 15 is 0 Å². The highest BCUT2D eigenvalue weighted by Gasteiger charge is 2.17. The van der Waals surface area contributed by atoms with Gasteiger partial charge in [0.1, 0.15) is 0 Å². The van der Waals surface area contributed by atoms with E-state index in [9.17, 15) is 9.59 Å². The molecule has 0 bridgehead atoms. The lowest BCUT2D eigenvalue weighted by Gasteiger charge is -2.17. The van der Waals surface area contributed by atoms with Crippen molar-refractivity contribution in [2.24, 2.45) is 0 Å². The highest BCUT2D eigenvalue weighted by atomic mass is 79.9. The number of hydrogen-bond donors (Lipinski definition) is 1. The molecular formula is C16H18BrNO3. The lowest BCUT2D eigenvalue weighted by atomic mass is 10.0. The molecule has 0 fully saturated rings. The molecule has 1 rings (SSSR count). The number of amides is 1. The fourth-order valence-corrected chi connectivity index (χ4v) is 1.94. The van der Waals surface area contributed by atoms with Crippen LogP contribution in [0.25, 0.3) is 0 Å². The summed E-state index contributed by atoms with van der Waals surface area (Å²) in [6, 6.07) is 7.01. The van der Waals surface area contributed by atoms with Gasteiger partial charge in [-0.2, -0.15) is 0 Å². The molecule has 5 heteroatoms. The van der Waals surface area contributed by atoms with Crippen LogP contribution in [0.5, 0.6) is 0 Å². The second-order valence-corrected chi connectivity index (χ2v) is 5.19. The Labute approximate surface area is 133 Å². The third-order valence-corrected chi connectivity index (χ3v) is 3.27. The minimum atomic E-state index is -0.423. The second kappa shape index (κ2) is 9.13. The average Bonchev–Trinajstić information content (AvgIpc) is 2.47. The Kier molecular flexibility index (Phi) is 7.46. The normalized spacial score (nSPS) is 12.5. The first-order chi connectivity index (χ1) is 10.1. The fraction of sp³-hybridized carbons (Fsp3) is 0.250. The molecule has 0 aliphatic carbocycles. The minimum absolute atomic E-state index is 0.0847. The van der Waals surface area contributed by atoms with Crippen LogP contribution in [0.2, 0.25) is 0 Å². The van der Waals surface area contributed by atoms with E-state index in [2.05, 4.69) is 26.0 Å². The SMILES string of the molecule is C/C=C/C=C/C(=O)NC(CC(=O)OC)c1ccc(Br)cc1. The van der Waals surface area contributed by atoms with Crippen molar-refractivity contribution in [2.75, 3.05) is 7.11 Å². The lowest BCUT2D eigenvalue weighted by molar-refractivity contribution is -0.141. The Balaban J connectivity index is 2.84. The summed E-state index contributed by atoms with van der Waals surface area (Å²) in [6.45, 7) is 1.87. The topological polar surface area (TPSA) is 55.4 Å². The zero-order valence-corrected chi connectivity index (χ0v) is 13.6. The van der Waals surface area contributed by atoms with Crippen molar-refractivity contribution in [3.63, 3.8) is 0 Å². The summed E-state index contributed by atoms with van der Waals surface area (Å²) in [4.78, 5) is 23.3. The summed E-state index contributed by atoms with van der Waals surface area (Å²) < 4.78 is 5.61. The van der Waals surface area contributed by atoms with E-state index in [-0.39, 0.29) is 18.3 Å². The van der Waals surface area contributed by atoms with Crippen LogP contribution in [-0.4, -0.2) is 19.0 Å². The van der Waals surface area contributed by atoms with Crippen molar-refractivity contribution >= 4 is 27.8 Å². The van der Waals surface area contributed by atoms with Gasteiger partial charge in [0.2, 0.25) is 5.91 Å². The van der Waals surface area contributed by atoms with Crippen LogP contribution in [0.1, 0.15) is 24.9 Å². The number of benzene rings is 1. The number of methoxy groups -OCH3 is 1. The highest BCUT2D eigenvalue weighted by Crippen LogP contribution is 2.20. The summed E-state index contributed by atoms with van der Waals surface area (Å²) in [5.41, 5.74) is 0.844. The average molecular weight is 352 g/mol. The van der Waals surface area contributed by atoms with Gasteiger partial charge in [0, 0.05) is 10.5 Å². The van der Waals surface area contributed by atoms with Gasteiger partial charge in [0.25, 0.3) is 0 Å². The van der Waals surface area contributed by atoms with Crippen molar-refractivity contribution in [1.82, 2.24) is 5.32 Å². The highest BCUT2D eigenvalue weighted by molar-refractivity contribution is 9.10. The van der Waals surface area contributed by atoms with Crippen molar-refractivity contribution < 1.29 is 14.3 Å². The van der Waals surface area contributed by atoms with E-state index in [1.165, 1.54) is 13.2 Å². The third kappa shape index (κ3) is 6.40. The second-order valence-electron chi connectivity index (χ2n) is 4.28. The maximum absolute atomic E-state index is 11.8. The number of nitrogens with one attached hydrogen (secondary N) is 1. The molecular weight excluding hydrogens is 334 g/mol. The molecule has 1 aromatic carbocycles. The first kappa shape index (κ1) is 17.2. The minimum Gasteiger partial charge on any atom is -0.469 e. The van der Waals surface area contributed by atoms with E-state index in [1.54, 1.807) is 12.2 Å². The molecule has 1 amide bonds. The molecule has 1 N–H and O–H groups in total. The lowest BCUT2D eigenvalue weighted by Crippen LogP contribution is -2.29. The first-order valence-corrected chi connectivity index (χ1v) is 7.28. The van der Waals surface area contributed by atoms with Gasteiger partial charge in [0.15, 0.2) is 0 Å². The maximum atomic E-state index is 11.8. The molecule has 0 spiro atoms. The van der Waals surface area contributed by atoms with Crippen LogP contribution in [-0.2, 0) is 14.3 Å². The summed E-state index contributed by atoms with van der Waals surface area (Å²) in [5.74, 6) is -0.634. The monoisotopic (exact) mass is 351 g/mol. The van der Waals surface area contributed by atoms with Crippen LogP contribution >= 0.6 is 15.9 Å². The van der Waals surface area contributed by atoms with E-state index in [4.69, 9.17) is 0 Å². The van der Waals surface area contributed by atoms with Crippen LogP contribution in [0.3, 0.4) is 0 Å². The van der Waals surface area contributed by atoms with E-state index in [0.717, 1.165) is 10.0 Å². The van der Waals surface area contributed by atoms with Crippen molar-refractivity contribution in [2.45, 2.75) is 19.4 Å². The molecule has 0 radical (unpaired) electrons. The first-order valence-electron chi connectivity index (χ1n) is 6.49. The number of carbonyl (C=O) groups is 2. The largest absolute Gasteiger partial charge is 0.469 e. The number of ether oxygens (including phenoxy) is 1. The summed E-state index contributed by atoms with van der Waals surface area (Å²) in [6.07, 6.45) is 6.73. The fourth-order valence-electron chi connectivity index (χ4n) is 1.67. The van der Waals surface area contributed by atoms with Gasteiger partial charge in [-0.3, -0.25) is 9.59 Å². The standard InChI is InChI=1S/C16H18BrNO3/c1-3-4-5-6-15(19)18-14(11-16(20)21-2)12-7-9-13(17)10-8-12/h3-10,14H,11H2,1-2H3,(H,18,19)/b4-3+,6-5+. The Hall–Kier alpha value is -1.88. The third-order valence-electron chi connectivity index (χ3n) is 2.74. The number of halogens is 1. The number of rotatable bonds is 6. The Morgan fingerprint density at radius 3 is 2.52 bits per heavy atom. The number of esters is 1. The molecule has 0 heterocycles. The van der Waals surface area contributed by atoms with Crippen molar-refractivity contribution in [3.05, 3.63) is 58.6 Å². The summed E-state index contributed by atoms with van der Waals surface area (Å²) in [5, 5.41) is 2.80. The zero-order chi connectivity index (χ0) is 15.7. The van der Waals surface area contributed by atoms with Gasteiger partial charge >= 0.3 is 5.97 Å². The molecule has 1 unspecified atom stereocenters. The van der Waals surface area contributed by atoms with Crippen LogP contribution in [0, 0.1) is 0 Å². The van der Waals surface area contributed by atoms with Crippen LogP contribution < -0.4 is 5.32 Å². The molecule has 0 aliphatic rings. The summed E-state index contributed by atoms with van der Waals surface area (Å²) >= 11 is 3.35. The number of hydrogen-bond acceptors (Lipinski definition) is 3. The Morgan fingerprint density at radius 1 is 1.29 bits per heavy atom. The molecule has 21 heavy (non-hydrogen) atoms. The number of carbonyl (C=O) groups excluding carboxylic acids is 2. The smallest absolute Gasteiger partial charge is 0.307 e. The molecule has 0 saturated carbocycles. The Bertz CT molecular complexity index is 535. The van der Waals surface area contributed by atoms with Gasteiger partial charge in [-0.1, -0.05) is 46.3 Å².